The first-order valence-corrected chi connectivity index (χ1v) is 5.74. The number of nitrogens with two attached hydrogens (primary N) is 1. The third-order valence-corrected chi connectivity index (χ3v) is 3.38. The van der Waals surface area contributed by atoms with Crippen LogP contribution in [-0.4, -0.2) is 35.1 Å². The van der Waals surface area contributed by atoms with Gasteiger partial charge >= 0.3 is 0 Å². The Morgan fingerprint density at radius 3 is 3.00 bits per heavy atom. The Bertz CT molecular complexity index is 369. The van der Waals surface area contributed by atoms with Gasteiger partial charge in [-0.05, 0) is 38.9 Å². The molecule has 4 nitrogen and oxygen atoms in total. The van der Waals surface area contributed by atoms with E-state index in [0.717, 1.165) is 37.9 Å². The van der Waals surface area contributed by atoms with E-state index in [-0.39, 0.29) is 0 Å². The number of rotatable bonds is 1. The predicted octanol–water partition coefficient (Wildman–Crippen LogP) is 0.967. The van der Waals surface area contributed by atoms with Crippen LogP contribution < -0.4 is 5.73 Å². The highest BCUT2D eigenvalue weighted by molar-refractivity contribution is 5.42. The van der Waals surface area contributed by atoms with Gasteiger partial charge in [0.25, 0.3) is 0 Å². The van der Waals surface area contributed by atoms with Crippen molar-refractivity contribution in [3.05, 3.63) is 23.9 Å². The molecule has 2 rings (SSSR count). The van der Waals surface area contributed by atoms with E-state index in [1.807, 2.05) is 12.1 Å². The summed E-state index contributed by atoms with van der Waals surface area (Å²) < 4.78 is 0. The largest absolute Gasteiger partial charge is 0.385 e. The van der Waals surface area contributed by atoms with Crippen LogP contribution >= 0.6 is 0 Å². The number of nitrogens with zero attached hydrogens (tertiary/aromatic N) is 2. The van der Waals surface area contributed by atoms with E-state index in [9.17, 15) is 5.11 Å². The van der Waals surface area contributed by atoms with Crippen LogP contribution in [0.3, 0.4) is 0 Å². The third kappa shape index (κ3) is 2.18. The molecule has 0 spiro atoms. The van der Waals surface area contributed by atoms with Crippen molar-refractivity contribution in [1.82, 2.24) is 9.88 Å². The van der Waals surface area contributed by atoms with Crippen LogP contribution in [0.25, 0.3) is 0 Å². The fourth-order valence-corrected chi connectivity index (χ4v) is 2.33. The molecule has 16 heavy (non-hydrogen) atoms. The van der Waals surface area contributed by atoms with Gasteiger partial charge in [-0.15, -0.1) is 0 Å². The minimum atomic E-state index is -0.802. The number of hydrogen-bond donors (Lipinski definition) is 2. The van der Waals surface area contributed by atoms with Crippen LogP contribution in [0, 0.1) is 0 Å². The minimum absolute atomic E-state index is 0.453. The molecule has 1 aliphatic heterocycles. The Hall–Kier alpha value is -1.13. The van der Waals surface area contributed by atoms with Crippen molar-refractivity contribution in [2.45, 2.75) is 24.9 Å². The van der Waals surface area contributed by atoms with Gasteiger partial charge in [-0.1, -0.05) is 6.07 Å². The van der Waals surface area contributed by atoms with Gasteiger partial charge in [-0.25, -0.2) is 4.98 Å². The molecule has 1 aromatic heterocycles. The normalized spacial score (nSPS) is 27.6. The summed E-state index contributed by atoms with van der Waals surface area (Å²) in [4.78, 5) is 6.29. The molecule has 0 aliphatic carbocycles. The molecule has 1 aromatic rings. The van der Waals surface area contributed by atoms with Crippen molar-refractivity contribution in [3.8, 4) is 0 Å². The standard InChI is InChI=1S/C12H19N3O/c1-15-8-3-5-12(16,6-9-15)10-4-2-7-14-11(10)13/h2,4,7,16H,3,5-6,8-9H2,1H3,(H2,13,14). The maximum absolute atomic E-state index is 10.7. The lowest BCUT2D eigenvalue weighted by atomic mass is 9.87. The maximum atomic E-state index is 10.7. The quantitative estimate of drug-likeness (QED) is 0.741. The van der Waals surface area contributed by atoms with Crippen LogP contribution in [0.1, 0.15) is 24.8 Å². The zero-order chi connectivity index (χ0) is 11.6. The van der Waals surface area contributed by atoms with Gasteiger partial charge in [0.15, 0.2) is 0 Å². The van der Waals surface area contributed by atoms with E-state index in [4.69, 9.17) is 5.73 Å². The molecule has 0 bridgehead atoms. The first-order valence-electron chi connectivity index (χ1n) is 5.74. The molecule has 4 heteroatoms. The highest BCUT2D eigenvalue weighted by atomic mass is 16.3. The summed E-state index contributed by atoms with van der Waals surface area (Å²) in [6, 6.07) is 3.71. The summed E-state index contributed by atoms with van der Waals surface area (Å²) >= 11 is 0. The molecule has 88 valence electrons. The molecule has 0 amide bonds. The molecule has 1 saturated heterocycles. The van der Waals surface area contributed by atoms with Crippen LogP contribution in [-0.2, 0) is 5.60 Å². The molecule has 1 unspecified atom stereocenters. The molecule has 0 saturated carbocycles. The van der Waals surface area contributed by atoms with E-state index in [1.54, 1.807) is 6.20 Å². The van der Waals surface area contributed by atoms with E-state index >= 15 is 0 Å². The number of likely N-dealkylation sites (tertiary alicyclic amines) is 1. The average Bonchev–Trinajstić information content (AvgIpc) is 2.43. The minimum Gasteiger partial charge on any atom is -0.385 e. The number of nitrogen functional groups attached to an aromatic ring is 1. The second-order valence-electron chi connectivity index (χ2n) is 4.62. The van der Waals surface area contributed by atoms with Crippen molar-refractivity contribution in [2.75, 3.05) is 25.9 Å². The predicted molar refractivity (Wildman–Crippen MR) is 63.9 cm³/mol. The fraction of sp³-hybridized carbons (Fsp3) is 0.583. The Morgan fingerprint density at radius 2 is 2.25 bits per heavy atom. The average molecular weight is 221 g/mol. The number of aliphatic hydroxyl groups is 1. The van der Waals surface area contributed by atoms with E-state index in [2.05, 4.69) is 16.9 Å². The second kappa shape index (κ2) is 4.39. The molecule has 3 N–H and O–H groups in total. The van der Waals surface area contributed by atoms with Crippen LogP contribution in [0.4, 0.5) is 5.82 Å². The van der Waals surface area contributed by atoms with Crippen molar-refractivity contribution in [1.29, 1.82) is 0 Å². The molecule has 0 aromatic carbocycles. The molecule has 2 heterocycles. The topological polar surface area (TPSA) is 62.4 Å². The maximum Gasteiger partial charge on any atom is 0.129 e. The highest BCUT2D eigenvalue weighted by Crippen LogP contribution is 2.34. The number of aromatic nitrogens is 1. The van der Waals surface area contributed by atoms with Gasteiger partial charge in [0.05, 0.1) is 5.60 Å². The van der Waals surface area contributed by atoms with Gasteiger partial charge < -0.3 is 15.7 Å². The molecule has 0 radical (unpaired) electrons. The zero-order valence-electron chi connectivity index (χ0n) is 9.69. The van der Waals surface area contributed by atoms with Crippen LogP contribution in [0.5, 0.6) is 0 Å². The van der Waals surface area contributed by atoms with E-state index < -0.39 is 5.60 Å². The van der Waals surface area contributed by atoms with Crippen molar-refractivity contribution >= 4 is 5.82 Å². The number of pyridine rings is 1. The summed E-state index contributed by atoms with van der Waals surface area (Å²) in [5, 5.41) is 10.7. The third-order valence-electron chi connectivity index (χ3n) is 3.38. The van der Waals surface area contributed by atoms with Gasteiger partial charge in [0.2, 0.25) is 0 Å². The van der Waals surface area contributed by atoms with Gasteiger partial charge in [0.1, 0.15) is 5.82 Å². The smallest absolute Gasteiger partial charge is 0.129 e. The van der Waals surface area contributed by atoms with Gasteiger partial charge in [-0.2, -0.15) is 0 Å². The second-order valence-corrected chi connectivity index (χ2v) is 4.62. The molecule has 1 atom stereocenters. The summed E-state index contributed by atoms with van der Waals surface area (Å²) in [5.74, 6) is 0.453. The summed E-state index contributed by atoms with van der Waals surface area (Å²) in [7, 11) is 2.08. The van der Waals surface area contributed by atoms with E-state index in [0.29, 0.717) is 5.82 Å². The number of anilines is 1. The molecular formula is C12H19N3O. The highest BCUT2D eigenvalue weighted by Gasteiger charge is 2.33. The van der Waals surface area contributed by atoms with Gasteiger partial charge in [-0.3, -0.25) is 0 Å². The lowest BCUT2D eigenvalue weighted by Crippen LogP contribution is -2.29. The monoisotopic (exact) mass is 221 g/mol. The lowest BCUT2D eigenvalue weighted by molar-refractivity contribution is 0.0223. The summed E-state index contributed by atoms with van der Waals surface area (Å²) in [5.41, 5.74) is 5.82. The first kappa shape index (κ1) is 11.4. The number of hydrogen-bond acceptors (Lipinski definition) is 4. The van der Waals surface area contributed by atoms with Crippen molar-refractivity contribution in [3.63, 3.8) is 0 Å². The molecule has 1 fully saturated rings. The lowest BCUT2D eigenvalue weighted by Gasteiger charge is -2.27. The summed E-state index contributed by atoms with van der Waals surface area (Å²) in [6.07, 6.45) is 4.12. The Balaban J connectivity index is 2.27. The fourth-order valence-electron chi connectivity index (χ4n) is 2.33. The molecule has 1 aliphatic rings. The van der Waals surface area contributed by atoms with Crippen molar-refractivity contribution < 1.29 is 5.11 Å². The SMILES string of the molecule is CN1CCCC(O)(c2cccnc2N)CC1. The van der Waals surface area contributed by atoms with Crippen molar-refractivity contribution in [2.24, 2.45) is 0 Å². The van der Waals surface area contributed by atoms with Crippen LogP contribution in [0.2, 0.25) is 0 Å². The Morgan fingerprint density at radius 1 is 1.44 bits per heavy atom. The van der Waals surface area contributed by atoms with Gasteiger partial charge in [0, 0.05) is 18.3 Å². The Kier molecular flexibility index (Phi) is 3.12. The van der Waals surface area contributed by atoms with Crippen LogP contribution in [0.15, 0.2) is 18.3 Å². The Labute approximate surface area is 96.1 Å². The first-order chi connectivity index (χ1) is 7.62. The zero-order valence-corrected chi connectivity index (χ0v) is 9.69. The molecular weight excluding hydrogens is 202 g/mol. The van der Waals surface area contributed by atoms with E-state index in [1.165, 1.54) is 0 Å². The summed E-state index contributed by atoms with van der Waals surface area (Å²) in [6.45, 7) is 1.92.